The summed E-state index contributed by atoms with van der Waals surface area (Å²) in [6.45, 7) is 3.57. The molecule has 0 unspecified atom stereocenters. The molecule has 1 aliphatic rings. The number of hydrogen-bond donors (Lipinski definition) is 0. The van der Waals surface area contributed by atoms with Gasteiger partial charge < -0.3 is 9.47 Å². The molecule has 0 spiro atoms. The molecule has 136 valence electrons. The van der Waals surface area contributed by atoms with Crippen LogP contribution in [0.15, 0.2) is 65.3 Å². The number of rotatable bonds is 6. The van der Waals surface area contributed by atoms with E-state index in [-0.39, 0.29) is 16.4 Å². The van der Waals surface area contributed by atoms with Crippen LogP contribution >= 0.6 is 0 Å². The van der Waals surface area contributed by atoms with Crippen LogP contribution in [0, 0.1) is 0 Å². The molecule has 2 aromatic rings. The van der Waals surface area contributed by atoms with Crippen molar-refractivity contribution in [1.82, 2.24) is 0 Å². The van der Waals surface area contributed by atoms with Gasteiger partial charge in [-0.3, -0.25) is 0 Å². The van der Waals surface area contributed by atoms with E-state index < -0.39 is 21.9 Å². The van der Waals surface area contributed by atoms with Crippen LogP contribution in [-0.4, -0.2) is 20.1 Å². The number of carbonyl (C=O) groups excluding carboxylic acids is 1. The number of para-hydroxylation sites is 1. The van der Waals surface area contributed by atoms with Crippen LogP contribution in [0.3, 0.4) is 0 Å². The van der Waals surface area contributed by atoms with Crippen LogP contribution in [-0.2, 0) is 25.8 Å². The fourth-order valence-electron chi connectivity index (χ4n) is 2.78. The molecular formula is C20H20O5S. The van der Waals surface area contributed by atoms with Crippen molar-refractivity contribution in [3.8, 4) is 5.75 Å². The lowest BCUT2D eigenvalue weighted by atomic mass is 10.0. The summed E-state index contributed by atoms with van der Waals surface area (Å²) in [5.41, 5.74) is 1.59. The first-order chi connectivity index (χ1) is 12.4. The van der Waals surface area contributed by atoms with Crippen LogP contribution in [0.1, 0.15) is 31.1 Å². The zero-order valence-electron chi connectivity index (χ0n) is 14.6. The van der Waals surface area contributed by atoms with Crippen LogP contribution in [0.2, 0.25) is 0 Å². The van der Waals surface area contributed by atoms with Crippen molar-refractivity contribution in [3.05, 3.63) is 71.5 Å². The fraction of sp³-hybridized carbons (Fsp3) is 0.250. The highest BCUT2D eigenvalue weighted by Crippen LogP contribution is 2.33. The highest BCUT2D eigenvalue weighted by Gasteiger charge is 2.30. The third-order valence-electron chi connectivity index (χ3n) is 4.25. The Labute approximate surface area is 153 Å². The normalized spacial score (nSPS) is 16.9. The van der Waals surface area contributed by atoms with Gasteiger partial charge in [0.25, 0.3) is 0 Å². The maximum Gasteiger partial charge on any atom is 0.375 e. The molecule has 6 heteroatoms. The molecule has 0 aliphatic carbocycles. The molecule has 26 heavy (non-hydrogen) atoms. The predicted octanol–water partition coefficient (Wildman–Crippen LogP) is 3.60. The average molecular weight is 372 g/mol. The number of sulfone groups is 1. The minimum absolute atomic E-state index is 0.0145. The van der Waals surface area contributed by atoms with Gasteiger partial charge in [-0.1, -0.05) is 38.1 Å². The lowest BCUT2D eigenvalue weighted by molar-refractivity contribution is -0.141. The zero-order valence-corrected chi connectivity index (χ0v) is 15.5. The van der Waals surface area contributed by atoms with Crippen molar-refractivity contribution in [1.29, 1.82) is 0 Å². The van der Waals surface area contributed by atoms with E-state index in [4.69, 9.17) is 9.47 Å². The number of benzene rings is 2. The first kappa shape index (κ1) is 18.2. The standard InChI is InChI=1S/C20H20O5S/c1-3-14-10-11-16(26(22,23)4-2)12-17(14)18-13-19(20(21)25-18)24-15-8-6-5-7-9-15/h5-13,18H,3-4H2,1-2H3/t18-/m1/s1. The lowest BCUT2D eigenvalue weighted by Gasteiger charge is -2.14. The highest BCUT2D eigenvalue weighted by molar-refractivity contribution is 7.91. The van der Waals surface area contributed by atoms with Gasteiger partial charge in [0.15, 0.2) is 9.84 Å². The van der Waals surface area contributed by atoms with Gasteiger partial charge in [0.1, 0.15) is 11.9 Å². The number of cyclic esters (lactones) is 1. The second kappa shape index (κ2) is 7.33. The first-order valence-electron chi connectivity index (χ1n) is 8.46. The van der Waals surface area contributed by atoms with Crippen LogP contribution in [0.25, 0.3) is 0 Å². The molecule has 0 aromatic heterocycles. The van der Waals surface area contributed by atoms with E-state index in [1.54, 1.807) is 43.3 Å². The van der Waals surface area contributed by atoms with Gasteiger partial charge in [-0.25, -0.2) is 13.2 Å². The topological polar surface area (TPSA) is 69.7 Å². The van der Waals surface area contributed by atoms with E-state index in [1.165, 1.54) is 0 Å². The molecule has 3 rings (SSSR count). The van der Waals surface area contributed by atoms with Crippen molar-refractivity contribution in [2.45, 2.75) is 31.3 Å². The number of esters is 1. The highest BCUT2D eigenvalue weighted by atomic mass is 32.2. The van der Waals surface area contributed by atoms with Gasteiger partial charge in [-0.15, -0.1) is 0 Å². The lowest BCUT2D eigenvalue weighted by Crippen LogP contribution is -2.09. The largest absolute Gasteiger partial charge is 0.450 e. The molecule has 0 radical (unpaired) electrons. The summed E-state index contributed by atoms with van der Waals surface area (Å²) in [6, 6.07) is 13.9. The van der Waals surface area contributed by atoms with Gasteiger partial charge >= 0.3 is 5.97 Å². The van der Waals surface area contributed by atoms with Gasteiger partial charge in [-0.2, -0.15) is 0 Å². The molecule has 0 bridgehead atoms. The summed E-state index contributed by atoms with van der Waals surface area (Å²) in [6.07, 6.45) is 1.62. The van der Waals surface area contributed by atoms with Crippen molar-refractivity contribution in [2.75, 3.05) is 5.75 Å². The molecule has 5 nitrogen and oxygen atoms in total. The van der Waals surface area contributed by atoms with Crippen molar-refractivity contribution in [2.24, 2.45) is 0 Å². The summed E-state index contributed by atoms with van der Waals surface area (Å²) in [7, 11) is -3.34. The summed E-state index contributed by atoms with van der Waals surface area (Å²) >= 11 is 0. The van der Waals surface area contributed by atoms with Crippen molar-refractivity contribution in [3.63, 3.8) is 0 Å². The van der Waals surface area contributed by atoms with Crippen LogP contribution < -0.4 is 4.74 Å². The summed E-state index contributed by atoms with van der Waals surface area (Å²) in [5, 5.41) is 0. The third-order valence-corrected chi connectivity index (χ3v) is 5.99. The van der Waals surface area contributed by atoms with E-state index in [0.29, 0.717) is 17.7 Å². The Balaban J connectivity index is 1.95. The fourth-order valence-corrected chi connectivity index (χ4v) is 3.69. The van der Waals surface area contributed by atoms with E-state index in [1.807, 2.05) is 25.1 Å². The SMILES string of the molecule is CCc1ccc(S(=O)(=O)CC)cc1[C@H]1C=C(Oc2ccccc2)C(=O)O1. The molecule has 0 fully saturated rings. The molecule has 0 N–H and O–H groups in total. The number of hydrogen-bond acceptors (Lipinski definition) is 5. The Bertz CT molecular complexity index is 945. The van der Waals surface area contributed by atoms with Gasteiger partial charge in [-0.05, 0) is 36.2 Å². The Morgan fingerprint density at radius 1 is 1.08 bits per heavy atom. The van der Waals surface area contributed by atoms with E-state index in [0.717, 1.165) is 5.56 Å². The van der Waals surface area contributed by atoms with E-state index in [9.17, 15) is 13.2 Å². The Morgan fingerprint density at radius 3 is 2.46 bits per heavy atom. The van der Waals surface area contributed by atoms with Gasteiger partial charge in [0.05, 0.1) is 10.6 Å². The molecule has 2 aromatic carbocycles. The first-order valence-corrected chi connectivity index (χ1v) is 10.1. The number of ether oxygens (including phenoxy) is 2. The average Bonchev–Trinajstić information content (AvgIpc) is 3.02. The quantitative estimate of drug-likeness (QED) is 0.725. The minimum Gasteiger partial charge on any atom is -0.450 e. The molecule has 0 saturated carbocycles. The molecule has 1 atom stereocenters. The monoisotopic (exact) mass is 372 g/mol. The maximum absolute atomic E-state index is 12.2. The Kier molecular flexibility index (Phi) is 5.13. The van der Waals surface area contributed by atoms with Gasteiger partial charge in [0, 0.05) is 11.6 Å². The van der Waals surface area contributed by atoms with Gasteiger partial charge in [0.2, 0.25) is 5.76 Å². The molecule has 1 aliphatic heterocycles. The van der Waals surface area contributed by atoms with E-state index >= 15 is 0 Å². The van der Waals surface area contributed by atoms with Crippen molar-refractivity contribution < 1.29 is 22.7 Å². The van der Waals surface area contributed by atoms with Crippen molar-refractivity contribution >= 4 is 15.8 Å². The summed E-state index contributed by atoms with van der Waals surface area (Å²) < 4.78 is 35.4. The zero-order chi connectivity index (χ0) is 18.7. The number of carbonyl (C=O) groups is 1. The molecule has 0 saturated heterocycles. The molecule has 1 heterocycles. The molecular weight excluding hydrogens is 352 g/mol. The Morgan fingerprint density at radius 2 is 1.81 bits per heavy atom. The van der Waals surface area contributed by atoms with E-state index in [2.05, 4.69) is 0 Å². The predicted molar refractivity (Wildman–Crippen MR) is 97.5 cm³/mol. The Hall–Kier alpha value is -2.60. The minimum atomic E-state index is -3.34. The van der Waals surface area contributed by atoms with Crippen LogP contribution in [0.4, 0.5) is 0 Å². The third kappa shape index (κ3) is 3.65. The number of aryl methyl sites for hydroxylation is 1. The maximum atomic E-state index is 12.2. The molecule has 0 amide bonds. The summed E-state index contributed by atoms with van der Waals surface area (Å²) in [5.74, 6) is 0.0895. The van der Waals surface area contributed by atoms with Crippen LogP contribution in [0.5, 0.6) is 5.75 Å². The summed E-state index contributed by atoms with van der Waals surface area (Å²) in [4.78, 5) is 12.4. The second-order valence-electron chi connectivity index (χ2n) is 5.89. The smallest absolute Gasteiger partial charge is 0.375 e. The second-order valence-corrected chi connectivity index (χ2v) is 8.17.